The molecule has 1 fully saturated rings. The van der Waals surface area contributed by atoms with Crippen molar-refractivity contribution in [1.82, 2.24) is 15.1 Å². The number of nitrogen functional groups attached to an aromatic ring is 1. The summed E-state index contributed by atoms with van der Waals surface area (Å²) in [6.07, 6.45) is 7.21. The maximum absolute atomic E-state index is 12.2. The van der Waals surface area contributed by atoms with Crippen LogP contribution in [0.5, 0.6) is 0 Å². The van der Waals surface area contributed by atoms with Gasteiger partial charge in [0, 0.05) is 12.6 Å². The van der Waals surface area contributed by atoms with Crippen molar-refractivity contribution in [3.05, 3.63) is 11.9 Å². The topological polar surface area (TPSA) is 72.9 Å². The van der Waals surface area contributed by atoms with E-state index in [9.17, 15) is 4.79 Å². The van der Waals surface area contributed by atoms with Crippen molar-refractivity contribution in [2.24, 2.45) is 7.05 Å². The van der Waals surface area contributed by atoms with Gasteiger partial charge in [-0.3, -0.25) is 9.48 Å². The van der Waals surface area contributed by atoms with Crippen molar-refractivity contribution >= 4 is 11.6 Å². The van der Waals surface area contributed by atoms with Crippen LogP contribution in [-0.2, 0) is 7.05 Å². The smallest absolute Gasteiger partial charge is 0.272 e. The fourth-order valence-corrected chi connectivity index (χ4v) is 2.52. The number of anilines is 1. The lowest BCUT2D eigenvalue weighted by Gasteiger charge is -2.34. The van der Waals surface area contributed by atoms with Crippen molar-refractivity contribution in [2.75, 3.05) is 5.73 Å². The summed E-state index contributed by atoms with van der Waals surface area (Å²) in [5.41, 5.74) is 6.55. The van der Waals surface area contributed by atoms with Gasteiger partial charge in [-0.25, -0.2) is 0 Å². The third-order valence-electron chi connectivity index (χ3n) is 3.55. The monoisotopic (exact) mass is 236 g/mol. The number of carbonyl (C=O) groups is 1. The molecule has 2 rings (SSSR count). The lowest BCUT2D eigenvalue weighted by molar-refractivity contribution is 0.0874. The van der Waals surface area contributed by atoms with Crippen molar-refractivity contribution in [3.8, 4) is 0 Å². The van der Waals surface area contributed by atoms with E-state index >= 15 is 0 Å². The Kier molecular flexibility index (Phi) is 3.09. The molecule has 5 nitrogen and oxygen atoms in total. The first-order valence-electron chi connectivity index (χ1n) is 6.12. The molecule has 0 atom stereocenters. The number of nitrogens with zero attached hydrogens (tertiary/aromatic N) is 2. The largest absolute Gasteiger partial charge is 0.396 e. The summed E-state index contributed by atoms with van der Waals surface area (Å²) in [6, 6.07) is 0. The van der Waals surface area contributed by atoms with Gasteiger partial charge >= 0.3 is 0 Å². The minimum absolute atomic E-state index is 0.0912. The Morgan fingerprint density at radius 1 is 1.47 bits per heavy atom. The molecule has 0 radical (unpaired) electrons. The molecular weight excluding hydrogens is 216 g/mol. The summed E-state index contributed by atoms with van der Waals surface area (Å²) in [6.45, 7) is 2.11. The van der Waals surface area contributed by atoms with Crippen LogP contribution in [0.2, 0.25) is 0 Å². The zero-order chi connectivity index (χ0) is 12.5. The Bertz CT molecular complexity index is 399. The second kappa shape index (κ2) is 4.39. The van der Waals surface area contributed by atoms with Gasteiger partial charge in [0.05, 0.1) is 11.9 Å². The van der Waals surface area contributed by atoms with Crippen molar-refractivity contribution in [2.45, 2.75) is 44.6 Å². The Hall–Kier alpha value is -1.52. The maximum atomic E-state index is 12.2. The molecule has 0 aliphatic heterocycles. The molecule has 5 heteroatoms. The highest BCUT2D eigenvalue weighted by atomic mass is 16.2. The van der Waals surface area contributed by atoms with Crippen LogP contribution in [-0.4, -0.2) is 21.2 Å². The lowest BCUT2D eigenvalue weighted by atomic mass is 9.83. The highest BCUT2D eigenvalue weighted by Crippen LogP contribution is 2.28. The Morgan fingerprint density at radius 3 is 2.65 bits per heavy atom. The molecule has 1 aromatic heterocycles. The van der Waals surface area contributed by atoms with Crippen LogP contribution in [0.4, 0.5) is 5.69 Å². The van der Waals surface area contributed by atoms with E-state index in [4.69, 9.17) is 5.73 Å². The molecule has 0 bridgehead atoms. The molecule has 17 heavy (non-hydrogen) atoms. The third kappa shape index (κ3) is 2.43. The van der Waals surface area contributed by atoms with Crippen LogP contribution in [0, 0.1) is 0 Å². The summed E-state index contributed by atoms with van der Waals surface area (Å²) in [5.74, 6) is -0.119. The molecule has 0 spiro atoms. The predicted octanol–water partition coefficient (Wildman–Crippen LogP) is 1.45. The van der Waals surface area contributed by atoms with Crippen LogP contribution < -0.4 is 11.1 Å². The summed E-state index contributed by atoms with van der Waals surface area (Å²) in [4.78, 5) is 12.2. The molecule has 1 heterocycles. The molecule has 1 saturated carbocycles. The van der Waals surface area contributed by atoms with Crippen molar-refractivity contribution < 1.29 is 4.79 Å². The van der Waals surface area contributed by atoms with Crippen LogP contribution >= 0.6 is 0 Å². The van der Waals surface area contributed by atoms with E-state index in [2.05, 4.69) is 17.3 Å². The number of hydrogen-bond donors (Lipinski definition) is 2. The van der Waals surface area contributed by atoms with Crippen LogP contribution in [0.1, 0.15) is 49.5 Å². The molecule has 0 aromatic carbocycles. The fraction of sp³-hybridized carbons (Fsp3) is 0.667. The fourth-order valence-electron chi connectivity index (χ4n) is 2.52. The van der Waals surface area contributed by atoms with E-state index in [1.165, 1.54) is 30.1 Å². The average Bonchev–Trinajstić information content (AvgIpc) is 2.58. The van der Waals surface area contributed by atoms with Gasteiger partial charge in [-0.2, -0.15) is 5.10 Å². The second-order valence-electron chi connectivity index (χ2n) is 5.15. The first-order chi connectivity index (χ1) is 8.02. The Balaban J connectivity index is 2.11. The summed E-state index contributed by atoms with van der Waals surface area (Å²) < 4.78 is 1.52. The van der Waals surface area contributed by atoms with Crippen LogP contribution in [0.25, 0.3) is 0 Å². The van der Waals surface area contributed by atoms with Gasteiger partial charge in [-0.1, -0.05) is 19.3 Å². The lowest BCUT2D eigenvalue weighted by Crippen LogP contribution is -2.47. The quantitative estimate of drug-likeness (QED) is 0.816. The second-order valence-corrected chi connectivity index (χ2v) is 5.15. The summed E-state index contributed by atoms with van der Waals surface area (Å²) in [7, 11) is 1.73. The van der Waals surface area contributed by atoms with Gasteiger partial charge in [0.25, 0.3) is 5.91 Å². The highest BCUT2D eigenvalue weighted by Gasteiger charge is 2.30. The molecule has 1 aromatic rings. The van der Waals surface area contributed by atoms with E-state index < -0.39 is 0 Å². The van der Waals surface area contributed by atoms with Crippen molar-refractivity contribution in [1.29, 1.82) is 0 Å². The number of amides is 1. The molecule has 3 N–H and O–H groups in total. The molecule has 94 valence electrons. The van der Waals surface area contributed by atoms with Gasteiger partial charge in [-0.05, 0) is 19.8 Å². The van der Waals surface area contributed by atoms with E-state index in [-0.39, 0.29) is 11.4 Å². The SMILES string of the molecule is Cn1ncc(N)c1C(=O)NC1(C)CCCCC1. The van der Waals surface area contributed by atoms with Crippen molar-refractivity contribution in [3.63, 3.8) is 0 Å². The molecule has 0 unspecified atom stereocenters. The van der Waals surface area contributed by atoms with Gasteiger partial charge in [0.2, 0.25) is 0 Å². The van der Waals surface area contributed by atoms with Crippen LogP contribution in [0.15, 0.2) is 6.20 Å². The average molecular weight is 236 g/mol. The van der Waals surface area contributed by atoms with Gasteiger partial charge in [-0.15, -0.1) is 0 Å². The maximum Gasteiger partial charge on any atom is 0.272 e. The number of aryl methyl sites for hydroxylation is 1. The van der Waals surface area contributed by atoms with E-state index in [1.54, 1.807) is 7.05 Å². The van der Waals surface area contributed by atoms with E-state index in [0.717, 1.165) is 12.8 Å². The van der Waals surface area contributed by atoms with E-state index in [0.29, 0.717) is 11.4 Å². The van der Waals surface area contributed by atoms with Gasteiger partial charge in [0.15, 0.2) is 0 Å². The zero-order valence-corrected chi connectivity index (χ0v) is 10.5. The first-order valence-corrected chi connectivity index (χ1v) is 6.12. The number of aromatic nitrogens is 2. The van der Waals surface area contributed by atoms with Crippen LogP contribution in [0.3, 0.4) is 0 Å². The number of rotatable bonds is 2. The number of carbonyl (C=O) groups excluding carboxylic acids is 1. The number of hydrogen-bond acceptors (Lipinski definition) is 3. The number of nitrogens with one attached hydrogen (secondary N) is 1. The molecule has 0 saturated heterocycles. The zero-order valence-electron chi connectivity index (χ0n) is 10.5. The highest BCUT2D eigenvalue weighted by molar-refractivity contribution is 5.97. The minimum Gasteiger partial charge on any atom is -0.396 e. The van der Waals surface area contributed by atoms with Gasteiger partial charge in [0.1, 0.15) is 5.69 Å². The van der Waals surface area contributed by atoms with Gasteiger partial charge < -0.3 is 11.1 Å². The third-order valence-corrected chi connectivity index (χ3v) is 3.55. The standard InChI is InChI=1S/C12H20N4O/c1-12(6-4-3-5-7-12)15-11(17)10-9(13)8-14-16(10)2/h8H,3-7,13H2,1-2H3,(H,15,17). The first kappa shape index (κ1) is 12.0. The predicted molar refractivity (Wildman–Crippen MR) is 66.6 cm³/mol. The minimum atomic E-state index is -0.119. The molecule has 1 aliphatic carbocycles. The normalized spacial score (nSPS) is 18.9. The Labute approximate surface area is 101 Å². The molecule has 1 amide bonds. The number of nitrogens with two attached hydrogens (primary N) is 1. The molecule has 1 aliphatic rings. The molecular formula is C12H20N4O. The Morgan fingerprint density at radius 2 is 2.12 bits per heavy atom. The summed E-state index contributed by atoms with van der Waals surface area (Å²) >= 11 is 0. The summed E-state index contributed by atoms with van der Waals surface area (Å²) in [5, 5.41) is 7.08. The van der Waals surface area contributed by atoms with E-state index in [1.807, 2.05) is 0 Å².